The van der Waals surface area contributed by atoms with Gasteiger partial charge in [-0.05, 0) is 37.3 Å². The first kappa shape index (κ1) is 19.8. The highest BCUT2D eigenvalue weighted by atomic mass is 32.1. The predicted molar refractivity (Wildman–Crippen MR) is 105 cm³/mol. The Morgan fingerprint density at radius 2 is 2.00 bits per heavy atom. The molecule has 0 saturated carbocycles. The third-order valence-electron chi connectivity index (χ3n) is 4.12. The summed E-state index contributed by atoms with van der Waals surface area (Å²) >= 11 is 1.41. The molecule has 0 fully saturated rings. The minimum Gasteiger partial charge on any atom is -0.469 e. The number of hydrogen-bond acceptors (Lipinski definition) is 7. The minimum absolute atomic E-state index is 0.113. The zero-order valence-corrected chi connectivity index (χ0v) is 16.3. The Kier molecular flexibility index (Phi) is 6.20. The van der Waals surface area contributed by atoms with E-state index in [4.69, 9.17) is 4.74 Å². The lowest BCUT2D eigenvalue weighted by molar-refractivity contribution is -0.140. The summed E-state index contributed by atoms with van der Waals surface area (Å²) < 4.78 is 24.3. The number of carbonyl (C=O) groups is 2. The van der Waals surface area contributed by atoms with Crippen LogP contribution in [-0.4, -0.2) is 37.1 Å². The third kappa shape index (κ3) is 4.45. The van der Waals surface area contributed by atoms with Crippen molar-refractivity contribution in [2.45, 2.75) is 13.3 Å². The molecule has 0 radical (unpaired) electrons. The van der Waals surface area contributed by atoms with Crippen molar-refractivity contribution >= 4 is 38.6 Å². The van der Waals surface area contributed by atoms with E-state index in [1.165, 1.54) is 36.6 Å². The molecule has 0 amide bonds. The van der Waals surface area contributed by atoms with Gasteiger partial charge in [-0.15, -0.1) is 0 Å². The number of halogens is 1. The Balaban J connectivity index is 1.79. The smallest absolute Gasteiger partial charge is 0.343 e. The SMILES string of the molecule is CCN(CCC(=O)OC)c1nc2ccc(C(=O)Oc3ccccc3F)cc2s1. The van der Waals surface area contributed by atoms with Crippen molar-refractivity contribution in [3.8, 4) is 5.75 Å². The molecule has 6 nitrogen and oxygen atoms in total. The first-order valence-electron chi connectivity index (χ1n) is 8.71. The van der Waals surface area contributed by atoms with Crippen LogP contribution in [0.15, 0.2) is 42.5 Å². The number of thiazole rings is 1. The van der Waals surface area contributed by atoms with Gasteiger partial charge in [0.15, 0.2) is 16.7 Å². The van der Waals surface area contributed by atoms with E-state index in [9.17, 15) is 14.0 Å². The zero-order chi connectivity index (χ0) is 20.1. The molecule has 28 heavy (non-hydrogen) atoms. The van der Waals surface area contributed by atoms with E-state index < -0.39 is 11.8 Å². The Hall–Kier alpha value is -3.00. The summed E-state index contributed by atoms with van der Waals surface area (Å²) in [5, 5.41) is 0.751. The molecule has 8 heteroatoms. The number of nitrogens with zero attached hydrogens (tertiary/aromatic N) is 2. The van der Waals surface area contributed by atoms with Crippen molar-refractivity contribution in [3.05, 3.63) is 53.8 Å². The highest BCUT2D eigenvalue weighted by Crippen LogP contribution is 2.30. The van der Waals surface area contributed by atoms with E-state index in [1.807, 2.05) is 11.8 Å². The average Bonchev–Trinajstić information content (AvgIpc) is 3.12. The number of rotatable bonds is 7. The molecule has 0 N–H and O–H groups in total. The van der Waals surface area contributed by atoms with E-state index in [1.54, 1.807) is 24.3 Å². The van der Waals surface area contributed by atoms with Crippen molar-refractivity contribution in [2.75, 3.05) is 25.1 Å². The van der Waals surface area contributed by atoms with E-state index in [0.29, 0.717) is 18.7 Å². The van der Waals surface area contributed by atoms with Crippen molar-refractivity contribution < 1.29 is 23.5 Å². The number of para-hydroxylation sites is 1. The molecule has 1 aromatic heterocycles. The van der Waals surface area contributed by atoms with Crippen LogP contribution in [0.3, 0.4) is 0 Å². The molecular formula is C20H19FN2O4S. The van der Waals surface area contributed by atoms with E-state index in [-0.39, 0.29) is 18.1 Å². The Morgan fingerprint density at radius 1 is 1.21 bits per heavy atom. The summed E-state index contributed by atoms with van der Waals surface area (Å²) in [5.74, 6) is -1.63. The second-order valence-corrected chi connectivity index (χ2v) is 6.91. The second-order valence-electron chi connectivity index (χ2n) is 5.90. The van der Waals surface area contributed by atoms with Crippen LogP contribution in [0.5, 0.6) is 5.75 Å². The van der Waals surface area contributed by atoms with Crippen LogP contribution in [-0.2, 0) is 9.53 Å². The number of fused-ring (bicyclic) bond motifs is 1. The highest BCUT2D eigenvalue weighted by molar-refractivity contribution is 7.22. The van der Waals surface area contributed by atoms with Gasteiger partial charge in [0.1, 0.15) is 0 Å². The molecule has 0 saturated heterocycles. The first-order valence-corrected chi connectivity index (χ1v) is 9.52. The Bertz CT molecular complexity index is 1000. The molecule has 0 atom stereocenters. The minimum atomic E-state index is -0.639. The fourth-order valence-electron chi connectivity index (χ4n) is 2.58. The summed E-state index contributed by atoms with van der Waals surface area (Å²) in [6.07, 6.45) is 0.264. The molecule has 3 aromatic rings. The van der Waals surface area contributed by atoms with Gasteiger partial charge in [0, 0.05) is 13.1 Å². The molecule has 0 unspecified atom stereocenters. The van der Waals surface area contributed by atoms with Crippen LogP contribution in [0.25, 0.3) is 10.2 Å². The largest absolute Gasteiger partial charge is 0.469 e. The molecule has 0 bridgehead atoms. The normalized spacial score (nSPS) is 10.7. The van der Waals surface area contributed by atoms with Crippen molar-refractivity contribution in [1.82, 2.24) is 4.98 Å². The van der Waals surface area contributed by atoms with E-state index >= 15 is 0 Å². The molecule has 3 rings (SSSR count). The Labute approximate surface area is 165 Å². The van der Waals surface area contributed by atoms with Crippen molar-refractivity contribution in [3.63, 3.8) is 0 Å². The summed E-state index contributed by atoms with van der Waals surface area (Å²) in [7, 11) is 1.36. The quantitative estimate of drug-likeness (QED) is 0.439. The van der Waals surface area contributed by atoms with Crippen LogP contribution >= 0.6 is 11.3 Å². The van der Waals surface area contributed by atoms with Gasteiger partial charge in [-0.3, -0.25) is 4.79 Å². The standard InChI is InChI=1S/C20H19FN2O4S/c1-3-23(11-10-18(24)26-2)20-22-15-9-8-13(12-17(15)28-20)19(25)27-16-7-5-4-6-14(16)21/h4-9,12H,3,10-11H2,1-2H3. The van der Waals surface area contributed by atoms with Gasteiger partial charge in [0.2, 0.25) is 0 Å². The van der Waals surface area contributed by atoms with E-state index in [0.717, 1.165) is 15.3 Å². The van der Waals surface area contributed by atoms with E-state index in [2.05, 4.69) is 9.72 Å². The molecule has 0 spiro atoms. The summed E-state index contributed by atoms with van der Waals surface area (Å²) in [6.45, 7) is 3.14. The van der Waals surface area contributed by atoms with Gasteiger partial charge >= 0.3 is 11.9 Å². The van der Waals surface area contributed by atoms with Gasteiger partial charge < -0.3 is 14.4 Å². The highest BCUT2D eigenvalue weighted by Gasteiger charge is 2.16. The van der Waals surface area contributed by atoms with Crippen LogP contribution in [0.2, 0.25) is 0 Å². The summed E-state index contributed by atoms with van der Waals surface area (Å²) in [4.78, 5) is 30.3. The number of esters is 2. The zero-order valence-electron chi connectivity index (χ0n) is 15.5. The number of aromatic nitrogens is 1. The van der Waals surface area contributed by atoms with Crippen LogP contribution in [0, 0.1) is 5.82 Å². The van der Waals surface area contributed by atoms with Gasteiger partial charge in [-0.25, -0.2) is 14.2 Å². The lowest BCUT2D eigenvalue weighted by Gasteiger charge is -2.18. The Morgan fingerprint density at radius 3 is 2.71 bits per heavy atom. The summed E-state index contributed by atoms with van der Waals surface area (Å²) in [5.41, 5.74) is 1.04. The fraction of sp³-hybridized carbons (Fsp3) is 0.250. The summed E-state index contributed by atoms with van der Waals surface area (Å²) in [6, 6.07) is 10.7. The predicted octanol–water partition coefficient (Wildman–Crippen LogP) is 4.04. The van der Waals surface area contributed by atoms with Crippen LogP contribution in [0.1, 0.15) is 23.7 Å². The van der Waals surface area contributed by atoms with Gasteiger partial charge in [0.05, 0.1) is 29.3 Å². The average molecular weight is 402 g/mol. The fourth-order valence-corrected chi connectivity index (χ4v) is 3.67. The number of carbonyl (C=O) groups excluding carboxylic acids is 2. The molecule has 1 heterocycles. The van der Waals surface area contributed by atoms with Crippen LogP contribution < -0.4 is 9.64 Å². The second kappa shape index (κ2) is 8.79. The first-order chi connectivity index (χ1) is 13.5. The number of benzene rings is 2. The van der Waals surface area contributed by atoms with Crippen molar-refractivity contribution in [2.24, 2.45) is 0 Å². The third-order valence-corrected chi connectivity index (χ3v) is 5.20. The molecule has 0 aliphatic rings. The lowest BCUT2D eigenvalue weighted by atomic mass is 10.2. The number of methoxy groups -OCH3 is 1. The maximum atomic E-state index is 13.7. The monoisotopic (exact) mass is 402 g/mol. The maximum absolute atomic E-state index is 13.7. The van der Waals surface area contributed by atoms with Gasteiger partial charge in [-0.1, -0.05) is 23.5 Å². The van der Waals surface area contributed by atoms with Gasteiger partial charge in [0.25, 0.3) is 0 Å². The van der Waals surface area contributed by atoms with Crippen LogP contribution in [0.4, 0.5) is 9.52 Å². The maximum Gasteiger partial charge on any atom is 0.343 e. The van der Waals surface area contributed by atoms with Gasteiger partial charge in [-0.2, -0.15) is 0 Å². The molecule has 2 aromatic carbocycles. The number of hydrogen-bond donors (Lipinski definition) is 0. The molecule has 0 aliphatic heterocycles. The number of anilines is 1. The molecule has 146 valence electrons. The molecule has 0 aliphatic carbocycles. The molecular weight excluding hydrogens is 383 g/mol. The lowest BCUT2D eigenvalue weighted by Crippen LogP contribution is -2.25. The van der Waals surface area contributed by atoms with Crippen molar-refractivity contribution in [1.29, 1.82) is 0 Å². The number of ether oxygens (including phenoxy) is 2. The topological polar surface area (TPSA) is 68.7 Å².